The Kier molecular flexibility index (Phi) is 11.3. The minimum Gasteiger partial charge on any atom is -0.540 e. The minimum absolute atomic E-state index is 0. The van der Waals surface area contributed by atoms with Crippen molar-refractivity contribution in [3.63, 3.8) is 0 Å². The molecule has 4 nitrogen and oxygen atoms in total. The van der Waals surface area contributed by atoms with Gasteiger partial charge in [-0.3, -0.25) is 0 Å². The van der Waals surface area contributed by atoms with Gasteiger partial charge < -0.3 is 26.2 Å². The van der Waals surface area contributed by atoms with Gasteiger partial charge in [0.15, 0.2) is 6.29 Å². The molecule has 0 aromatic heterocycles. The second-order valence-electron chi connectivity index (χ2n) is 3.79. The molecule has 0 spiro atoms. The molecule has 1 rings (SSSR count). The van der Waals surface area contributed by atoms with E-state index in [9.17, 15) is 4.79 Å². The van der Waals surface area contributed by atoms with Crippen LogP contribution in [0.2, 0.25) is 0 Å². The summed E-state index contributed by atoms with van der Waals surface area (Å²) in [5.74, 6) is 0.211. The molecule has 6 heteroatoms. The Labute approximate surface area is 120 Å². The largest absolute Gasteiger partial charge is 2.00 e. The molecular formula is C11H21O4PW. The topological polar surface area (TPSA) is 44.8 Å². The summed E-state index contributed by atoms with van der Waals surface area (Å²) in [5, 5.41) is 0. The second-order valence-corrected chi connectivity index (χ2v) is 4.44. The van der Waals surface area contributed by atoms with E-state index in [4.69, 9.17) is 14.0 Å². The summed E-state index contributed by atoms with van der Waals surface area (Å²) in [6.07, 6.45) is 1.42. The number of aldehydes is 1. The molecule has 1 heterocycles. The van der Waals surface area contributed by atoms with Crippen LogP contribution in [0.25, 0.3) is 0 Å². The van der Waals surface area contributed by atoms with Crippen molar-refractivity contribution in [3.05, 3.63) is 14.0 Å². The molecule has 0 saturated carbocycles. The van der Waals surface area contributed by atoms with E-state index in [1.807, 2.05) is 13.6 Å². The van der Waals surface area contributed by atoms with Gasteiger partial charge in [-0.1, -0.05) is 6.92 Å². The van der Waals surface area contributed by atoms with Crippen LogP contribution in [0.4, 0.5) is 0 Å². The Morgan fingerprint density at radius 1 is 1.65 bits per heavy atom. The number of carbonyl (C=O) groups is 1. The quantitative estimate of drug-likeness (QED) is 0.378. The third-order valence-corrected chi connectivity index (χ3v) is 3.06. The van der Waals surface area contributed by atoms with E-state index in [2.05, 4.69) is 0 Å². The Morgan fingerprint density at radius 3 is 2.76 bits per heavy atom. The molecule has 1 aliphatic heterocycles. The van der Waals surface area contributed by atoms with Gasteiger partial charge in [-0.15, -0.1) is 5.92 Å². The van der Waals surface area contributed by atoms with E-state index in [1.54, 1.807) is 13.7 Å². The number of rotatable bonds is 5. The van der Waals surface area contributed by atoms with Crippen LogP contribution in [0.5, 0.6) is 0 Å². The number of ether oxygens (including phenoxy) is 2. The third kappa shape index (κ3) is 5.44. The maximum atomic E-state index is 11.1. The molecule has 0 aromatic carbocycles. The first-order chi connectivity index (χ1) is 7.17. The van der Waals surface area contributed by atoms with E-state index in [-0.39, 0.29) is 47.1 Å². The summed E-state index contributed by atoms with van der Waals surface area (Å²) in [7, 11) is 1.98. The zero-order valence-corrected chi connectivity index (χ0v) is 14.7. The van der Waals surface area contributed by atoms with E-state index in [1.165, 1.54) is 0 Å². The predicted molar refractivity (Wildman–Crippen MR) is 65.4 cm³/mol. The van der Waals surface area contributed by atoms with Gasteiger partial charge in [-0.2, -0.15) is 0 Å². The van der Waals surface area contributed by atoms with Gasteiger partial charge in [-0.25, -0.2) is 6.61 Å². The summed E-state index contributed by atoms with van der Waals surface area (Å²) < 4.78 is 16.1. The average molecular weight is 432 g/mol. The molecule has 0 aromatic rings. The van der Waals surface area contributed by atoms with Crippen LogP contribution in [0.1, 0.15) is 13.3 Å². The molecule has 0 aliphatic carbocycles. The summed E-state index contributed by atoms with van der Waals surface area (Å²) in [6, 6.07) is 0. The molecule has 0 amide bonds. The van der Waals surface area contributed by atoms with Crippen molar-refractivity contribution in [2.24, 2.45) is 5.92 Å². The summed E-state index contributed by atoms with van der Waals surface area (Å²) in [5.41, 5.74) is -0.856. The number of carbonyl (C=O) groups excluding carboxylic acids is 1. The number of hydrogen-bond donors (Lipinski definition) is 0. The van der Waals surface area contributed by atoms with Gasteiger partial charge in [0.05, 0.1) is 6.61 Å². The van der Waals surface area contributed by atoms with Crippen LogP contribution in [-0.2, 0) is 39.9 Å². The molecule has 1 aliphatic rings. The van der Waals surface area contributed by atoms with Crippen LogP contribution in [-0.4, -0.2) is 38.4 Å². The Balaban J connectivity index is 0. The van der Waals surface area contributed by atoms with Crippen molar-refractivity contribution in [3.8, 4) is 0 Å². The van der Waals surface area contributed by atoms with Gasteiger partial charge in [0.1, 0.15) is 5.60 Å². The summed E-state index contributed by atoms with van der Waals surface area (Å²) in [4.78, 5) is 11.1. The zero-order valence-electron chi connectivity index (χ0n) is 10.8. The fourth-order valence-corrected chi connectivity index (χ4v) is 2.25. The van der Waals surface area contributed by atoms with Crippen LogP contribution in [0.15, 0.2) is 0 Å². The van der Waals surface area contributed by atoms with Crippen molar-refractivity contribution < 1.29 is 39.9 Å². The summed E-state index contributed by atoms with van der Waals surface area (Å²) >= 11 is 0. The zero-order chi connectivity index (χ0) is 11.3. The van der Waals surface area contributed by atoms with Crippen LogP contribution < -0.4 is 0 Å². The summed E-state index contributed by atoms with van der Waals surface area (Å²) in [6.45, 7) is 5.95. The molecule has 0 radical (unpaired) electrons. The molecule has 100 valence electrons. The fraction of sp³-hybridized carbons (Fsp3) is 0.727. The molecule has 0 bridgehead atoms. The molecule has 1 fully saturated rings. The maximum absolute atomic E-state index is 11.1. The average Bonchev–Trinajstić information content (AvgIpc) is 2.24. The fourth-order valence-electron chi connectivity index (χ4n) is 1.65. The molecule has 1 saturated heterocycles. The minimum atomic E-state index is -0.856. The molecular weight excluding hydrogens is 411 g/mol. The van der Waals surface area contributed by atoms with Gasteiger partial charge in [0.25, 0.3) is 0 Å². The van der Waals surface area contributed by atoms with Crippen molar-refractivity contribution in [2.45, 2.75) is 25.0 Å². The molecule has 4 unspecified atom stereocenters. The van der Waals surface area contributed by atoms with Gasteiger partial charge >= 0.3 is 21.1 Å². The predicted octanol–water partition coefficient (Wildman–Crippen LogP) is 1.84. The Hall–Kier alpha value is 0.668. The van der Waals surface area contributed by atoms with E-state index in [0.717, 1.165) is 6.29 Å². The van der Waals surface area contributed by atoms with Crippen LogP contribution in [0.3, 0.4) is 0 Å². The second kappa shape index (κ2) is 9.58. The molecule has 0 N–H and O–H groups in total. The normalized spacial score (nSPS) is 32.9. The first-order valence-electron chi connectivity index (χ1n) is 4.96. The number of hydrogen-bond acceptors (Lipinski definition) is 4. The van der Waals surface area contributed by atoms with Crippen molar-refractivity contribution in [2.75, 3.05) is 20.4 Å². The molecule has 4 atom stereocenters. The van der Waals surface area contributed by atoms with Gasteiger partial charge in [0.2, 0.25) is 0 Å². The van der Waals surface area contributed by atoms with Gasteiger partial charge in [0, 0.05) is 28.4 Å². The van der Waals surface area contributed by atoms with E-state index >= 15 is 0 Å². The monoisotopic (exact) mass is 432 g/mol. The van der Waals surface area contributed by atoms with Crippen molar-refractivity contribution in [1.82, 2.24) is 0 Å². The van der Waals surface area contributed by atoms with Gasteiger partial charge in [-0.05, 0) is 6.66 Å². The standard InChI is InChI=1S/C10H18O4P.CH3.W/c1-8-5-13-10(6-11,7-12-2)4-9(8)14-15-3;;/h5-6,8-9,15H,4,7H2,1-3H3;1H3;/q2*-1;+2. The van der Waals surface area contributed by atoms with Crippen molar-refractivity contribution in [1.29, 1.82) is 0 Å². The van der Waals surface area contributed by atoms with Crippen LogP contribution in [0, 0.1) is 20.0 Å². The Bertz CT molecular complexity index is 218. The first kappa shape index (κ1) is 20.0. The Morgan fingerprint density at radius 2 is 2.29 bits per heavy atom. The maximum Gasteiger partial charge on any atom is 2.00 e. The SMILES string of the molecule is COCC1(C=O)CC(OPC)C(C)[CH-]O1.[CH3-].[W+2]. The first-order valence-corrected chi connectivity index (χ1v) is 6.37. The van der Waals surface area contributed by atoms with Crippen molar-refractivity contribution >= 4 is 15.1 Å². The van der Waals surface area contributed by atoms with E-state index < -0.39 is 5.60 Å². The smallest absolute Gasteiger partial charge is 0.540 e. The molecule has 17 heavy (non-hydrogen) atoms. The van der Waals surface area contributed by atoms with Crippen LogP contribution >= 0.6 is 8.81 Å². The third-order valence-electron chi connectivity index (χ3n) is 2.52. The number of methoxy groups -OCH3 is 1. The van der Waals surface area contributed by atoms with E-state index in [0.29, 0.717) is 15.2 Å².